The lowest BCUT2D eigenvalue weighted by Gasteiger charge is -2.21. The monoisotopic (exact) mass is 864 g/mol. The van der Waals surface area contributed by atoms with Gasteiger partial charge in [0.1, 0.15) is 28.5 Å². The molecule has 0 bridgehead atoms. The molecule has 0 aliphatic heterocycles. The highest BCUT2D eigenvalue weighted by Gasteiger charge is 2.29. The number of amides is 2. The van der Waals surface area contributed by atoms with E-state index in [9.17, 15) is 28.9 Å². The van der Waals surface area contributed by atoms with Crippen molar-refractivity contribution >= 4 is 45.0 Å². The number of aromatic nitrogens is 10. The number of fused-ring (bicyclic) bond motifs is 2. The number of nitrogens with one attached hydrogen (secondary N) is 2. The summed E-state index contributed by atoms with van der Waals surface area (Å²) in [6.07, 6.45) is 17.2. The number of carbonyl (C=O) groups excluding carboxylic acids is 4. The number of hydrogen-bond donors (Lipinski definition) is 5. The fourth-order valence-electron chi connectivity index (χ4n) is 8.28. The molecule has 2 aliphatic carbocycles. The minimum absolute atomic E-state index is 0.0454. The normalized spacial score (nSPS) is 15.9. The highest BCUT2D eigenvalue weighted by molar-refractivity contribution is 7.86. The van der Waals surface area contributed by atoms with E-state index in [1.807, 2.05) is 10.9 Å². The summed E-state index contributed by atoms with van der Waals surface area (Å²) >= 11 is 0. The van der Waals surface area contributed by atoms with Crippen LogP contribution in [0, 0.1) is 39.3 Å². The molecule has 0 spiro atoms. The molecule has 7 N–H and O–H groups in total. The number of anilines is 1. The third-order valence-corrected chi connectivity index (χ3v) is 11.7. The van der Waals surface area contributed by atoms with Gasteiger partial charge in [-0.2, -0.15) is 35.4 Å². The van der Waals surface area contributed by atoms with Crippen LogP contribution in [0.3, 0.4) is 0 Å². The Labute approximate surface area is 354 Å². The standard InChI is InChI=1S/C19H22N8O3S.C19H22N8O.CO2/c20-8-7-14(12-3-1-2-4-12)26-10-13(9-23-26)18-15-5-6-16(19(21)28)27(15)25-17(24-18)11-31(22,29)30;1-22-19-24-17(15-6-7-16(18(21)28)27(15)25-19)13-10-23-26(11-13)14(8-9-20)12-4-2-3-5-12;2-1-3/h5-6,9-10,12,14H,1-4,7,11H2,(H2,21,28)(H2,22,29,30);6-7,10-12,14H,2-5,8H2,1H3,(H2,21,28)(H,22,25);. The van der Waals surface area contributed by atoms with Crippen LogP contribution in [0.5, 0.6) is 0 Å². The maximum absolute atomic E-state index is 11.8. The Morgan fingerprint density at radius 1 is 0.823 bits per heavy atom. The summed E-state index contributed by atoms with van der Waals surface area (Å²) in [6.45, 7) is 0. The second-order valence-corrected chi connectivity index (χ2v) is 16.5. The first-order valence-electron chi connectivity index (χ1n) is 19.7. The van der Waals surface area contributed by atoms with Crippen molar-refractivity contribution in [1.82, 2.24) is 48.8 Å². The Hall–Kier alpha value is -7.33. The van der Waals surface area contributed by atoms with Gasteiger partial charge in [0.05, 0.1) is 60.5 Å². The molecule has 22 nitrogen and oxygen atoms in total. The number of nitrogens with two attached hydrogens (primary N) is 2. The van der Waals surface area contributed by atoms with E-state index < -0.39 is 27.6 Å². The Kier molecular flexibility index (Phi) is 13.8. The number of hydrogen-bond acceptors (Lipinski definition) is 15. The van der Waals surface area contributed by atoms with Crippen molar-refractivity contribution in [3.63, 3.8) is 0 Å². The minimum atomic E-state index is -3.90. The van der Waals surface area contributed by atoms with Crippen LogP contribution in [0.4, 0.5) is 5.95 Å². The lowest BCUT2D eigenvalue weighted by molar-refractivity contribution is -0.191. The van der Waals surface area contributed by atoms with Crippen LogP contribution in [0.2, 0.25) is 0 Å². The second-order valence-electron chi connectivity index (χ2n) is 14.9. The summed E-state index contributed by atoms with van der Waals surface area (Å²) in [5, 5.41) is 39.0. The number of rotatable bonds is 13. The van der Waals surface area contributed by atoms with Gasteiger partial charge in [0.25, 0.3) is 11.8 Å². The summed E-state index contributed by atoms with van der Waals surface area (Å²) in [7, 11) is -2.19. The molecule has 322 valence electrons. The van der Waals surface area contributed by atoms with Gasteiger partial charge in [-0.05, 0) is 61.8 Å². The van der Waals surface area contributed by atoms with E-state index in [4.69, 9.17) is 25.8 Å². The van der Waals surface area contributed by atoms with Crippen molar-refractivity contribution in [3.8, 4) is 34.7 Å². The van der Waals surface area contributed by atoms with Crippen molar-refractivity contribution in [2.75, 3.05) is 12.4 Å². The molecule has 0 saturated heterocycles. The topological polar surface area (TPSA) is 337 Å². The highest BCUT2D eigenvalue weighted by atomic mass is 32.2. The van der Waals surface area contributed by atoms with Gasteiger partial charge < -0.3 is 21.3 Å². The van der Waals surface area contributed by atoms with E-state index in [-0.39, 0.29) is 35.4 Å². The predicted octanol–water partition coefficient (Wildman–Crippen LogP) is 4.15. The molecule has 6 aromatic heterocycles. The Morgan fingerprint density at radius 3 is 1.66 bits per heavy atom. The molecule has 2 saturated carbocycles. The van der Waals surface area contributed by atoms with Gasteiger partial charge in [0.2, 0.25) is 5.95 Å². The minimum Gasteiger partial charge on any atom is -0.364 e. The number of carbonyl (C=O) groups is 2. The van der Waals surface area contributed by atoms with Gasteiger partial charge >= 0.3 is 6.15 Å². The largest absolute Gasteiger partial charge is 0.373 e. The van der Waals surface area contributed by atoms with Gasteiger partial charge in [-0.15, -0.1) is 5.10 Å². The third-order valence-electron chi connectivity index (χ3n) is 11.0. The molecule has 0 aromatic carbocycles. The average Bonchev–Trinajstić information content (AvgIpc) is 4.09. The molecular weight excluding hydrogens is 821 g/mol. The van der Waals surface area contributed by atoms with Crippen LogP contribution in [-0.4, -0.2) is 82.5 Å². The van der Waals surface area contributed by atoms with E-state index in [0.29, 0.717) is 58.6 Å². The van der Waals surface area contributed by atoms with Crippen LogP contribution in [0.1, 0.15) is 103 Å². The van der Waals surface area contributed by atoms with Crippen LogP contribution < -0.4 is 16.8 Å². The van der Waals surface area contributed by atoms with Crippen molar-refractivity contribution < 1.29 is 27.9 Å². The maximum Gasteiger partial charge on any atom is 0.373 e. The lowest BCUT2D eigenvalue weighted by atomic mass is 9.96. The molecule has 8 rings (SSSR count). The van der Waals surface area contributed by atoms with Crippen LogP contribution in [-0.2, 0) is 25.4 Å². The van der Waals surface area contributed by atoms with Gasteiger partial charge in [-0.25, -0.2) is 28.0 Å². The van der Waals surface area contributed by atoms with E-state index >= 15 is 0 Å². The Bertz CT molecular complexity index is 2810. The van der Waals surface area contributed by atoms with Gasteiger partial charge in [0, 0.05) is 30.6 Å². The van der Waals surface area contributed by atoms with E-state index in [0.717, 1.165) is 44.1 Å². The van der Waals surface area contributed by atoms with Gasteiger partial charge in [0.15, 0.2) is 15.8 Å². The molecule has 2 aliphatic rings. The predicted molar refractivity (Wildman–Crippen MR) is 220 cm³/mol. The van der Waals surface area contributed by atoms with Crippen molar-refractivity contribution in [2.45, 2.75) is 82.0 Å². The molecule has 6 aromatic rings. The quantitative estimate of drug-likeness (QED) is 0.109. The van der Waals surface area contributed by atoms with Crippen LogP contribution >= 0.6 is 0 Å². The molecular formula is C39H44N16O6S. The summed E-state index contributed by atoms with van der Waals surface area (Å²) in [4.78, 5) is 48.7. The smallest absolute Gasteiger partial charge is 0.364 e. The van der Waals surface area contributed by atoms with Gasteiger partial charge in [-0.3, -0.25) is 19.0 Å². The summed E-state index contributed by atoms with van der Waals surface area (Å²) < 4.78 is 34.8. The second kappa shape index (κ2) is 19.4. The van der Waals surface area contributed by atoms with Crippen LogP contribution in [0.15, 0.2) is 49.1 Å². The van der Waals surface area contributed by atoms with Crippen molar-refractivity contribution in [3.05, 3.63) is 66.3 Å². The number of nitriles is 2. The first-order chi connectivity index (χ1) is 29.8. The molecule has 3 unspecified atom stereocenters. The Balaban J connectivity index is 0.000000195. The van der Waals surface area contributed by atoms with Gasteiger partial charge in [-0.1, -0.05) is 25.7 Å². The number of primary amides is 2. The molecule has 6 heterocycles. The van der Waals surface area contributed by atoms with Crippen molar-refractivity contribution in [1.29, 1.82) is 15.3 Å². The van der Waals surface area contributed by atoms with E-state index in [2.05, 4.69) is 47.8 Å². The fourth-order valence-corrected chi connectivity index (χ4v) is 8.76. The fraction of sp³-hybridized carbons (Fsp3) is 0.410. The summed E-state index contributed by atoms with van der Waals surface area (Å²) in [6, 6.07) is 11.1. The molecule has 0 radical (unpaired) electrons. The summed E-state index contributed by atoms with van der Waals surface area (Å²) in [5.74, 6) is -0.709. The summed E-state index contributed by atoms with van der Waals surface area (Å²) in [5.41, 5.74) is 14.9. The molecule has 2 amide bonds. The maximum atomic E-state index is 11.8. The molecule has 3 atom stereocenters. The van der Waals surface area contributed by atoms with Crippen LogP contribution in [0.25, 0.3) is 33.5 Å². The lowest BCUT2D eigenvalue weighted by Crippen LogP contribution is -2.17. The van der Waals surface area contributed by atoms with E-state index in [1.165, 1.54) is 27.9 Å². The zero-order chi connectivity index (χ0) is 44.6. The molecule has 62 heavy (non-hydrogen) atoms. The number of nitrogens with zero attached hydrogens (tertiary/aromatic N) is 12. The first-order valence-corrected chi connectivity index (χ1v) is 21.4. The third kappa shape index (κ3) is 9.82. The van der Waals surface area contributed by atoms with Crippen molar-refractivity contribution in [2.24, 2.45) is 23.3 Å². The zero-order valence-electron chi connectivity index (χ0n) is 33.6. The first kappa shape index (κ1) is 44.2. The average molecular weight is 865 g/mol. The molecule has 2 fully saturated rings. The zero-order valence-corrected chi connectivity index (χ0v) is 34.4. The highest BCUT2D eigenvalue weighted by Crippen LogP contribution is 2.38. The Morgan fingerprint density at radius 2 is 1.26 bits per heavy atom. The SMILES string of the molecule is CNc1nc(-c2cnn(C(CC#N)C3CCCC3)c2)c2ccc(C(N)=O)n2n1.N#CCC(C1CCCC1)n1cc(-c2nc(CS(=N)(=O)O)nn3c(C(N)=O)ccc23)cn1.O=C=O. The molecule has 23 heteroatoms. The van der Waals surface area contributed by atoms with E-state index in [1.54, 1.807) is 48.5 Å².